The number of ether oxygens (including phenoxy) is 1. The zero-order valence-corrected chi connectivity index (χ0v) is 20.3. The molecule has 0 saturated heterocycles. The first-order chi connectivity index (χ1) is 15.8. The average Bonchev–Trinajstić information content (AvgIpc) is 3.23. The number of hydrogen-bond donors (Lipinski definition) is 0. The van der Waals surface area contributed by atoms with Gasteiger partial charge in [-0.2, -0.15) is 0 Å². The molecule has 5 aliphatic carbocycles. The Morgan fingerprint density at radius 2 is 1.94 bits per heavy atom. The first-order valence-corrected chi connectivity index (χ1v) is 12.8. The molecule has 4 nitrogen and oxygen atoms in total. The molecule has 176 valence electrons. The Hall–Kier alpha value is -2.23. The highest BCUT2D eigenvalue weighted by Crippen LogP contribution is 2.69. The lowest BCUT2D eigenvalue weighted by Crippen LogP contribution is -2.45. The maximum absolute atomic E-state index is 13.5. The van der Waals surface area contributed by atoms with Gasteiger partial charge in [-0.25, -0.2) is 0 Å². The van der Waals surface area contributed by atoms with Gasteiger partial charge in [0.05, 0.1) is 12.0 Å². The van der Waals surface area contributed by atoms with E-state index in [0.29, 0.717) is 25.2 Å². The monoisotopic (exact) mass is 448 g/mol. The highest BCUT2D eigenvalue weighted by atomic mass is 16.5. The summed E-state index contributed by atoms with van der Waals surface area (Å²) in [7, 11) is 0. The van der Waals surface area contributed by atoms with Crippen LogP contribution in [0, 0.1) is 22.2 Å². The molecule has 0 amide bonds. The minimum Gasteiger partial charge on any atom is -0.465 e. The molecule has 0 aliphatic heterocycles. The molecule has 0 aromatic rings. The van der Waals surface area contributed by atoms with E-state index in [-0.39, 0.29) is 22.6 Å². The van der Waals surface area contributed by atoms with E-state index in [1.165, 1.54) is 5.57 Å². The fourth-order valence-electron chi connectivity index (χ4n) is 7.41. The molecule has 0 aromatic heterocycles. The Morgan fingerprint density at radius 3 is 2.73 bits per heavy atom. The second-order valence-electron chi connectivity index (χ2n) is 11.2. The Labute approximate surface area is 197 Å². The molecular weight excluding hydrogens is 412 g/mol. The first-order valence-electron chi connectivity index (χ1n) is 12.8. The van der Waals surface area contributed by atoms with Gasteiger partial charge >= 0.3 is 5.97 Å². The van der Waals surface area contributed by atoms with E-state index in [0.717, 1.165) is 68.1 Å². The topological polar surface area (TPSA) is 60.4 Å². The van der Waals surface area contributed by atoms with E-state index in [1.807, 2.05) is 12.2 Å². The standard InChI is InChI=1S/C29H36O4/c1-4-5-6-7-16-33-26(32)21-18-19-17-20(30)8-14-28(19,3)22-10-15-29-23(25(21)22)9-12-27(29,2)13-11-24(29)31/h8-9,14,18,21H,4-7,10-13,15-17H2,1-3H3/t21-,27+,28?,29?/m1/s1. The van der Waals surface area contributed by atoms with Gasteiger partial charge in [-0.15, -0.1) is 0 Å². The lowest BCUT2D eigenvalue weighted by Gasteiger charge is -2.50. The fraction of sp³-hybridized carbons (Fsp3) is 0.621. The predicted molar refractivity (Wildman–Crippen MR) is 127 cm³/mol. The molecule has 0 heterocycles. The van der Waals surface area contributed by atoms with Gasteiger partial charge in [0.25, 0.3) is 0 Å². The van der Waals surface area contributed by atoms with Crippen LogP contribution in [0.2, 0.25) is 0 Å². The van der Waals surface area contributed by atoms with E-state index in [9.17, 15) is 14.4 Å². The van der Waals surface area contributed by atoms with Crippen molar-refractivity contribution in [1.82, 2.24) is 0 Å². The summed E-state index contributed by atoms with van der Waals surface area (Å²) in [6.45, 7) is 7.03. The van der Waals surface area contributed by atoms with Gasteiger partial charge in [0, 0.05) is 18.3 Å². The minimum absolute atomic E-state index is 0.0458. The lowest BCUT2D eigenvalue weighted by atomic mass is 9.52. The average molecular weight is 449 g/mol. The van der Waals surface area contributed by atoms with Crippen molar-refractivity contribution < 1.29 is 19.1 Å². The van der Waals surface area contributed by atoms with Crippen molar-refractivity contribution in [1.29, 1.82) is 0 Å². The molecule has 0 N–H and O–H groups in total. The maximum atomic E-state index is 13.5. The van der Waals surface area contributed by atoms with Crippen LogP contribution in [-0.4, -0.2) is 24.1 Å². The third-order valence-electron chi connectivity index (χ3n) is 9.43. The molecule has 33 heavy (non-hydrogen) atoms. The first kappa shape index (κ1) is 22.6. The molecule has 4 heteroatoms. The Bertz CT molecular complexity index is 1040. The normalized spacial score (nSPS) is 36.6. The van der Waals surface area contributed by atoms with Gasteiger partial charge in [0.15, 0.2) is 5.78 Å². The number of carbonyl (C=O) groups excluding carboxylic acids is 3. The number of ketones is 2. The fourth-order valence-corrected chi connectivity index (χ4v) is 7.41. The Kier molecular flexibility index (Phi) is 5.42. The predicted octanol–water partition coefficient (Wildman–Crippen LogP) is 5.98. The number of fused-ring (bicyclic) bond motifs is 3. The van der Waals surface area contributed by atoms with Crippen molar-refractivity contribution in [3.8, 4) is 0 Å². The van der Waals surface area contributed by atoms with Gasteiger partial charge in [-0.05, 0) is 61.7 Å². The molecule has 4 atom stereocenters. The Morgan fingerprint density at radius 1 is 1.12 bits per heavy atom. The summed E-state index contributed by atoms with van der Waals surface area (Å²) in [6, 6.07) is 0. The van der Waals surface area contributed by atoms with Crippen LogP contribution in [0.3, 0.4) is 0 Å². The molecule has 1 fully saturated rings. The van der Waals surface area contributed by atoms with E-state index in [4.69, 9.17) is 4.74 Å². The molecule has 1 saturated carbocycles. The summed E-state index contributed by atoms with van der Waals surface area (Å²) in [6.07, 6.45) is 16.6. The van der Waals surface area contributed by atoms with Crippen molar-refractivity contribution in [3.05, 3.63) is 46.6 Å². The summed E-state index contributed by atoms with van der Waals surface area (Å²) < 4.78 is 5.79. The molecule has 0 bridgehead atoms. The highest BCUT2D eigenvalue weighted by Gasteiger charge is 2.65. The summed E-state index contributed by atoms with van der Waals surface area (Å²) in [5.41, 5.74) is 3.50. The Balaban J connectivity index is 1.56. The van der Waals surface area contributed by atoms with Crippen molar-refractivity contribution in [3.63, 3.8) is 0 Å². The van der Waals surface area contributed by atoms with E-state index in [1.54, 1.807) is 6.08 Å². The third-order valence-corrected chi connectivity index (χ3v) is 9.43. The smallest absolute Gasteiger partial charge is 0.317 e. The molecule has 0 radical (unpaired) electrons. The second kappa shape index (κ2) is 7.92. The summed E-state index contributed by atoms with van der Waals surface area (Å²) >= 11 is 0. The van der Waals surface area contributed by atoms with Gasteiger partial charge in [-0.1, -0.05) is 62.5 Å². The number of unbranched alkanes of at least 4 members (excludes halogenated alkanes) is 3. The van der Waals surface area contributed by atoms with Crippen LogP contribution in [0.4, 0.5) is 0 Å². The second-order valence-corrected chi connectivity index (χ2v) is 11.2. The van der Waals surface area contributed by atoms with Crippen LogP contribution in [0.25, 0.3) is 0 Å². The molecule has 5 aliphatic rings. The largest absolute Gasteiger partial charge is 0.465 e. The molecule has 1 spiro atoms. The lowest BCUT2D eigenvalue weighted by molar-refractivity contribution is -0.146. The van der Waals surface area contributed by atoms with Crippen LogP contribution in [-0.2, 0) is 19.1 Å². The van der Waals surface area contributed by atoms with Crippen molar-refractivity contribution in [2.45, 2.75) is 85.0 Å². The molecule has 5 rings (SSSR count). The van der Waals surface area contributed by atoms with Crippen molar-refractivity contribution >= 4 is 17.5 Å². The van der Waals surface area contributed by atoms with E-state index in [2.05, 4.69) is 26.8 Å². The third kappa shape index (κ3) is 3.12. The van der Waals surface area contributed by atoms with E-state index < -0.39 is 11.3 Å². The quantitative estimate of drug-likeness (QED) is 0.285. The number of rotatable bonds is 6. The molecular formula is C29H36O4. The number of allylic oxidation sites excluding steroid dienone is 6. The number of hydrogen-bond acceptors (Lipinski definition) is 4. The number of Topliss-reactive ketones (excluding diaryl/α,β-unsaturated/α-hetero) is 1. The van der Waals surface area contributed by atoms with Crippen molar-refractivity contribution in [2.24, 2.45) is 22.2 Å². The maximum Gasteiger partial charge on any atom is 0.317 e. The summed E-state index contributed by atoms with van der Waals surface area (Å²) in [4.78, 5) is 39.1. The van der Waals surface area contributed by atoms with Crippen molar-refractivity contribution in [2.75, 3.05) is 6.61 Å². The highest BCUT2D eigenvalue weighted by molar-refractivity contribution is 5.97. The van der Waals surface area contributed by atoms with Crippen LogP contribution < -0.4 is 0 Å². The van der Waals surface area contributed by atoms with Crippen LogP contribution >= 0.6 is 0 Å². The summed E-state index contributed by atoms with van der Waals surface area (Å²) in [5, 5.41) is 0. The van der Waals surface area contributed by atoms with Crippen LogP contribution in [0.1, 0.15) is 85.0 Å². The van der Waals surface area contributed by atoms with Crippen LogP contribution in [0.5, 0.6) is 0 Å². The summed E-state index contributed by atoms with van der Waals surface area (Å²) in [5.74, 6) is -0.318. The number of carbonyl (C=O) groups is 3. The van der Waals surface area contributed by atoms with Gasteiger partial charge < -0.3 is 4.74 Å². The minimum atomic E-state index is -0.521. The SMILES string of the molecule is CCCCCCOC(=O)[C@@H]1C=C2CC(=O)C=CC2(C)C2=C1C1=CC[C@@]3(C)CCC(=O)C13CC2. The zero-order valence-electron chi connectivity index (χ0n) is 20.3. The van der Waals surface area contributed by atoms with E-state index >= 15 is 0 Å². The van der Waals surface area contributed by atoms with Crippen LogP contribution in [0.15, 0.2) is 46.6 Å². The number of esters is 1. The zero-order chi connectivity index (χ0) is 23.4. The molecule has 2 unspecified atom stereocenters. The van der Waals surface area contributed by atoms with Gasteiger partial charge in [-0.3, -0.25) is 14.4 Å². The molecule has 0 aromatic carbocycles. The van der Waals surface area contributed by atoms with Gasteiger partial charge in [0.1, 0.15) is 11.7 Å². The van der Waals surface area contributed by atoms with Gasteiger partial charge in [0.2, 0.25) is 0 Å².